The molecule has 2 heterocycles. The van der Waals surface area contributed by atoms with E-state index in [0.29, 0.717) is 6.61 Å². The van der Waals surface area contributed by atoms with Crippen molar-refractivity contribution < 1.29 is 9.47 Å². The maximum Gasteiger partial charge on any atom is 0.165 e. The minimum absolute atomic E-state index is 0.160. The van der Waals surface area contributed by atoms with Gasteiger partial charge in [-0.1, -0.05) is 12.1 Å². The summed E-state index contributed by atoms with van der Waals surface area (Å²) in [6.07, 6.45) is 2.43. The zero-order chi connectivity index (χ0) is 13.5. The third-order valence-electron chi connectivity index (χ3n) is 3.22. The normalized spacial score (nSPS) is 15.9. The summed E-state index contributed by atoms with van der Waals surface area (Å²) in [6, 6.07) is 6.01. The Morgan fingerprint density at radius 3 is 3.00 bits per heavy atom. The molecule has 0 radical (unpaired) electrons. The number of hydrogen-bond donors (Lipinski definition) is 0. The largest absolute Gasteiger partial charge is 0.483 e. The smallest absolute Gasteiger partial charge is 0.165 e. The number of hydrogen-bond acceptors (Lipinski definition) is 4. The van der Waals surface area contributed by atoms with Gasteiger partial charge in [0.2, 0.25) is 0 Å². The van der Waals surface area contributed by atoms with E-state index in [1.165, 1.54) is 11.9 Å². The Bertz CT molecular complexity index is 604. The number of fused-ring (bicyclic) bond motifs is 1. The van der Waals surface area contributed by atoms with Gasteiger partial charge in [-0.3, -0.25) is 4.68 Å². The van der Waals surface area contributed by atoms with E-state index in [9.17, 15) is 0 Å². The quantitative estimate of drug-likeness (QED) is 0.847. The van der Waals surface area contributed by atoms with Gasteiger partial charge < -0.3 is 9.47 Å². The summed E-state index contributed by atoms with van der Waals surface area (Å²) in [7, 11) is 1.85. The summed E-state index contributed by atoms with van der Waals surface area (Å²) >= 11 is 0. The van der Waals surface area contributed by atoms with Crippen molar-refractivity contribution in [3.8, 4) is 11.5 Å². The fraction of sp³-hybridized carbons (Fsp3) is 0.429. The molecule has 1 aliphatic heterocycles. The van der Waals surface area contributed by atoms with Crippen LogP contribution in [0.3, 0.4) is 0 Å². The molecule has 0 fully saturated rings. The topological polar surface area (TPSA) is 49.2 Å². The van der Waals surface area contributed by atoms with Gasteiger partial charge in [-0.05, 0) is 19.9 Å². The molecule has 0 bridgehead atoms. The third kappa shape index (κ3) is 2.28. The van der Waals surface area contributed by atoms with E-state index < -0.39 is 0 Å². The minimum atomic E-state index is -0.160. The summed E-state index contributed by atoms with van der Waals surface area (Å²) < 4.78 is 13.5. The number of rotatable bonds is 3. The van der Waals surface area contributed by atoms with Crippen molar-refractivity contribution in [2.24, 2.45) is 7.05 Å². The van der Waals surface area contributed by atoms with Crippen molar-refractivity contribution in [3.05, 3.63) is 35.9 Å². The van der Waals surface area contributed by atoms with Crippen LogP contribution in [-0.2, 0) is 20.1 Å². The van der Waals surface area contributed by atoms with E-state index >= 15 is 0 Å². The molecule has 0 saturated carbocycles. The summed E-state index contributed by atoms with van der Waals surface area (Å²) in [5, 5.41) is 4.02. The van der Waals surface area contributed by atoms with Crippen LogP contribution >= 0.6 is 0 Å². The standard InChI is InChI=1S/C14H17N3O2/c1-14(2)7-10-5-4-6-11(13(10)19-14)18-8-12-15-9-16-17(12)3/h4-6,9H,7-8H2,1-3H3. The predicted octanol–water partition coefficient (Wildman–Crippen LogP) is 2.11. The van der Waals surface area contributed by atoms with Gasteiger partial charge >= 0.3 is 0 Å². The Balaban J connectivity index is 1.80. The molecule has 1 aliphatic rings. The van der Waals surface area contributed by atoms with Gasteiger partial charge in [-0.2, -0.15) is 5.10 Å². The van der Waals surface area contributed by atoms with Crippen LogP contribution in [-0.4, -0.2) is 20.4 Å². The second kappa shape index (κ2) is 4.26. The Kier molecular flexibility index (Phi) is 2.69. The average Bonchev–Trinajstić information content (AvgIpc) is 2.88. The first-order valence-corrected chi connectivity index (χ1v) is 6.32. The molecule has 2 aromatic rings. The Hall–Kier alpha value is -2.04. The molecule has 1 aromatic carbocycles. The van der Waals surface area contributed by atoms with Crippen LogP contribution in [0.25, 0.3) is 0 Å². The van der Waals surface area contributed by atoms with E-state index in [-0.39, 0.29) is 5.60 Å². The van der Waals surface area contributed by atoms with E-state index in [2.05, 4.69) is 30.0 Å². The molecule has 5 nitrogen and oxygen atoms in total. The third-order valence-corrected chi connectivity index (χ3v) is 3.22. The fourth-order valence-electron chi connectivity index (χ4n) is 2.29. The van der Waals surface area contributed by atoms with Gasteiger partial charge in [0, 0.05) is 19.0 Å². The highest BCUT2D eigenvalue weighted by atomic mass is 16.5. The average molecular weight is 259 g/mol. The zero-order valence-corrected chi connectivity index (χ0v) is 11.4. The van der Waals surface area contributed by atoms with E-state index in [0.717, 1.165) is 23.7 Å². The van der Waals surface area contributed by atoms with E-state index in [1.54, 1.807) is 4.68 Å². The Morgan fingerprint density at radius 2 is 2.26 bits per heavy atom. The maximum atomic E-state index is 5.96. The number of aromatic nitrogens is 3. The molecule has 0 aliphatic carbocycles. The molecular weight excluding hydrogens is 242 g/mol. The molecule has 0 saturated heterocycles. The van der Waals surface area contributed by atoms with E-state index in [4.69, 9.17) is 9.47 Å². The molecule has 19 heavy (non-hydrogen) atoms. The molecule has 0 N–H and O–H groups in total. The number of aryl methyl sites for hydroxylation is 1. The van der Waals surface area contributed by atoms with Crippen LogP contribution in [0.5, 0.6) is 11.5 Å². The molecule has 0 atom stereocenters. The SMILES string of the molecule is Cn1ncnc1COc1cccc2c1OC(C)(C)C2. The van der Waals surface area contributed by atoms with Gasteiger partial charge in [0.25, 0.3) is 0 Å². The molecule has 5 heteroatoms. The predicted molar refractivity (Wildman–Crippen MR) is 70.2 cm³/mol. The van der Waals surface area contributed by atoms with Crippen molar-refractivity contribution in [2.45, 2.75) is 32.5 Å². The fourth-order valence-corrected chi connectivity index (χ4v) is 2.29. The zero-order valence-electron chi connectivity index (χ0n) is 11.4. The monoisotopic (exact) mass is 259 g/mol. The molecule has 100 valence electrons. The van der Waals surface area contributed by atoms with Gasteiger partial charge in [0.05, 0.1) is 0 Å². The second-order valence-electron chi connectivity index (χ2n) is 5.37. The molecule has 0 amide bonds. The Morgan fingerprint density at radius 1 is 1.42 bits per heavy atom. The van der Waals surface area contributed by atoms with Gasteiger partial charge in [-0.25, -0.2) is 4.98 Å². The lowest BCUT2D eigenvalue weighted by atomic mass is 10.0. The number of ether oxygens (including phenoxy) is 2. The van der Waals surface area contributed by atoms with Crippen LogP contribution in [0, 0.1) is 0 Å². The molecule has 0 unspecified atom stereocenters. The summed E-state index contributed by atoms with van der Waals surface area (Å²) in [4.78, 5) is 4.14. The van der Waals surface area contributed by atoms with Crippen molar-refractivity contribution in [1.82, 2.24) is 14.8 Å². The lowest BCUT2D eigenvalue weighted by Gasteiger charge is -2.18. The number of benzene rings is 1. The number of nitrogens with zero attached hydrogens (tertiary/aromatic N) is 3. The second-order valence-corrected chi connectivity index (χ2v) is 5.37. The van der Waals surface area contributed by atoms with Crippen molar-refractivity contribution in [1.29, 1.82) is 0 Å². The highest BCUT2D eigenvalue weighted by Gasteiger charge is 2.32. The van der Waals surface area contributed by atoms with Crippen LogP contribution < -0.4 is 9.47 Å². The maximum absolute atomic E-state index is 5.96. The first kappa shape index (κ1) is 12.0. The lowest BCUT2D eigenvalue weighted by molar-refractivity contribution is 0.131. The molecule has 1 aromatic heterocycles. The van der Waals surface area contributed by atoms with Crippen LogP contribution in [0.1, 0.15) is 25.2 Å². The first-order valence-electron chi connectivity index (χ1n) is 6.32. The summed E-state index contributed by atoms with van der Waals surface area (Å²) in [5.74, 6) is 2.41. The van der Waals surface area contributed by atoms with Gasteiger partial charge in [0.15, 0.2) is 17.3 Å². The summed E-state index contributed by atoms with van der Waals surface area (Å²) in [5.41, 5.74) is 1.03. The molecule has 3 rings (SSSR count). The van der Waals surface area contributed by atoms with Crippen LogP contribution in [0.2, 0.25) is 0 Å². The van der Waals surface area contributed by atoms with Gasteiger partial charge in [0.1, 0.15) is 18.5 Å². The van der Waals surface area contributed by atoms with Crippen molar-refractivity contribution in [3.63, 3.8) is 0 Å². The van der Waals surface area contributed by atoms with E-state index in [1.807, 2.05) is 19.2 Å². The van der Waals surface area contributed by atoms with Crippen LogP contribution in [0.15, 0.2) is 24.5 Å². The number of para-hydroxylation sites is 1. The summed E-state index contributed by atoms with van der Waals surface area (Å²) in [6.45, 7) is 4.55. The highest BCUT2D eigenvalue weighted by molar-refractivity contribution is 5.50. The molecular formula is C14H17N3O2. The highest BCUT2D eigenvalue weighted by Crippen LogP contribution is 2.41. The molecule has 0 spiro atoms. The lowest BCUT2D eigenvalue weighted by Crippen LogP contribution is -2.24. The Labute approximate surface area is 112 Å². The first-order chi connectivity index (χ1) is 9.05. The van der Waals surface area contributed by atoms with Crippen molar-refractivity contribution in [2.75, 3.05) is 0 Å². The van der Waals surface area contributed by atoms with Crippen molar-refractivity contribution >= 4 is 0 Å². The van der Waals surface area contributed by atoms with Gasteiger partial charge in [-0.15, -0.1) is 0 Å². The van der Waals surface area contributed by atoms with Crippen LogP contribution in [0.4, 0.5) is 0 Å². The minimum Gasteiger partial charge on any atom is -0.483 e.